The Kier molecular flexibility index (Phi) is 7.38. The number of nitriles is 1. The Hall–Kier alpha value is -6.62. The van der Waals surface area contributed by atoms with Crippen LogP contribution in [0.3, 0.4) is 0 Å². The first kappa shape index (κ1) is 28.8. The quantitative estimate of drug-likeness (QED) is 0.181. The smallest absolute Gasteiger partial charge is 0.161 e. The summed E-state index contributed by atoms with van der Waals surface area (Å²) in [6.07, 6.45) is 0. The zero-order chi connectivity index (χ0) is 32.5. The highest BCUT2D eigenvalue weighted by molar-refractivity contribution is 6.23. The minimum absolute atomic E-state index is 0.328. The largest absolute Gasteiger partial charge is 0.454 e. The van der Waals surface area contributed by atoms with Crippen molar-refractivity contribution in [1.82, 2.24) is 4.57 Å². The maximum absolute atomic E-state index is 9.75. The molecule has 4 nitrogen and oxygen atoms in total. The lowest BCUT2D eigenvalue weighted by Crippen LogP contribution is -2.08. The molecule has 6 aromatic carbocycles. The number of rotatable bonds is 5. The van der Waals surface area contributed by atoms with Crippen LogP contribution in [0.2, 0.25) is 0 Å². The molecule has 4 heteroatoms. The van der Waals surface area contributed by atoms with E-state index in [1.165, 1.54) is 10.8 Å². The summed E-state index contributed by atoms with van der Waals surface area (Å²) >= 11 is 0. The standard InChI is InChI=1S/C44H29N3O/c1-2-3-26-46-43-42-35(32-17-12-19-34(28-32)47-38-23-9-7-20-36(38)37-21-8-10-24-39(37)47)22-13-25-40(42)48-44(43)41(31-15-5-4-6-16-31)33-18-11-14-30(27-33)29-45/h4-25,27-28H,26H2,1H3/b44-41-,46-43?. The number of hydrogen-bond acceptors (Lipinski definition) is 3. The van der Waals surface area contributed by atoms with E-state index in [1.807, 2.05) is 61.5 Å². The molecule has 0 bridgehead atoms. The predicted molar refractivity (Wildman–Crippen MR) is 195 cm³/mol. The van der Waals surface area contributed by atoms with E-state index in [0.29, 0.717) is 17.9 Å². The highest BCUT2D eigenvalue weighted by Crippen LogP contribution is 2.43. The summed E-state index contributed by atoms with van der Waals surface area (Å²) in [7, 11) is 0. The summed E-state index contributed by atoms with van der Waals surface area (Å²) in [6.45, 7) is 2.15. The van der Waals surface area contributed by atoms with E-state index >= 15 is 0 Å². The van der Waals surface area contributed by atoms with Gasteiger partial charge >= 0.3 is 0 Å². The van der Waals surface area contributed by atoms with Crippen LogP contribution in [0.4, 0.5) is 0 Å². The molecule has 7 aromatic rings. The highest BCUT2D eigenvalue weighted by atomic mass is 16.5. The molecule has 0 unspecified atom stereocenters. The number of fused-ring (bicyclic) bond motifs is 4. The van der Waals surface area contributed by atoms with Crippen molar-refractivity contribution in [1.29, 1.82) is 5.26 Å². The summed E-state index contributed by atoms with van der Waals surface area (Å²) in [4.78, 5) is 5.08. The Bertz CT molecular complexity index is 2480. The van der Waals surface area contributed by atoms with Gasteiger partial charge < -0.3 is 9.30 Å². The van der Waals surface area contributed by atoms with Crippen LogP contribution in [-0.4, -0.2) is 16.8 Å². The summed E-state index contributed by atoms with van der Waals surface area (Å²) < 4.78 is 9.12. The van der Waals surface area contributed by atoms with E-state index in [9.17, 15) is 5.26 Å². The molecule has 1 aliphatic rings. The summed E-state index contributed by atoms with van der Waals surface area (Å²) in [6, 6.07) is 52.0. The molecule has 226 valence electrons. The maximum atomic E-state index is 9.75. The molecule has 0 aliphatic carbocycles. The van der Waals surface area contributed by atoms with Gasteiger partial charge in [0, 0.05) is 22.0 Å². The number of hydrogen-bond donors (Lipinski definition) is 0. The molecular formula is C44H29N3O. The van der Waals surface area contributed by atoms with Gasteiger partial charge in [0.25, 0.3) is 0 Å². The molecule has 0 saturated heterocycles. The van der Waals surface area contributed by atoms with Crippen molar-refractivity contribution in [2.24, 2.45) is 4.99 Å². The van der Waals surface area contributed by atoms with Crippen LogP contribution in [0.1, 0.15) is 29.2 Å². The lowest BCUT2D eigenvalue weighted by atomic mass is 9.91. The zero-order valence-corrected chi connectivity index (χ0v) is 26.3. The molecule has 0 radical (unpaired) electrons. The number of nitrogens with zero attached hydrogens (tertiary/aromatic N) is 3. The molecule has 8 rings (SSSR count). The van der Waals surface area contributed by atoms with Crippen molar-refractivity contribution in [2.45, 2.75) is 6.92 Å². The van der Waals surface area contributed by atoms with Crippen molar-refractivity contribution < 1.29 is 4.74 Å². The molecule has 0 fully saturated rings. The van der Waals surface area contributed by atoms with Gasteiger partial charge in [0.15, 0.2) is 5.76 Å². The summed E-state index contributed by atoms with van der Waals surface area (Å²) in [5.74, 6) is 7.49. The lowest BCUT2D eigenvalue weighted by molar-refractivity contribution is 0.471. The Balaban J connectivity index is 1.35. The molecule has 0 spiro atoms. The molecular weight excluding hydrogens is 587 g/mol. The average molecular weight is 616 g/mol. The monoisotopic (exact) mass is 615 g/mol. The molecule has 0 N–H and O–H groups in total. The van der Waals surface area contributed by atoms with Crippen LogP contribution in [0.15, 0.2) is 156 Å². The summed E-state index contributed by atoms with van der Waals surface area (Å²) in [5.41, 5.74) is 10.4. The van der Waals surface area contributed by atoms with E-state index in [4.69, 9.17) is 9.73 Å². The Morgan fingerprint density at radius 1 is 0.708 bits per heavy atom. The number of aromatic nitrogens is 1. The normalized spacial score (nSPS) is 13.9. The van der Waals surface area contributed by atoms with Crippen molar-refractivity contribution in [3.05, 3.63) is 174 Å². The molecule has 0 saturated carbocycles. The van der Waals surface area contributed by atoms with Crippen LogP contribution >= 0.6 is 0 Å². The third-order valence-electron chi connectivity index (χ3n) is 8.75. The minimum atomic E-state index is 0.328. The van der Waals surface area contributed by atoms with Crippen molar-refractivity contribution >= 4 is 33.1 Å². The fraction of sp³-hybridized carbons (Fsp3) is 0.0455. The van der Waals surface area contributed by atoms with Gasteiger partial charge in [-0.3, -0.25) is 4.99 Å². The van der Waals surface area contributed by atoms with Crippen molar-refractivity contribution in [2.75, 3.05) is 6.54 Å². The Morgan fingerprint density at radius 2 is 1.40 bits per heavy atom. The number of benzene rings is 6. The molecule has 0 amide bonds. The summed E-state index contributed by atoms with van der Waals surface area (Å²) in [5, 5.41) is 12.2. The lowest BCUT2D eigenvalue weighted by Gasteiger charge is -2.14. The van der Waals surface area contributed by atoms with E-state index < -0.39 is 0 Å². The molecule has 48 heavy (non-hydrogen) atoms. The number of para-hydroxylation sites is 2. The van der Waals surface area contributed by atoms with Gasteiger partial charge in [-0.05, 0) is 71.6 Å². The maximum Gasteiger partial charge on any atom is 0.161 e. The third kappa shape index (κ3) is 4.94. The number of ether oxygens (including phenoxy) is 1. The fourth-order valence-corrected chi connectivity index (χ4v) is 6.68. The second-order valence-electron chi connectivity index (χ2n) is 11.6. The van der Waals surface area contributed by atoms with E-state index in [1.54, 1.807) is 0 Å². The number of allylic oxidation sites excluding steroid dienone is 1. The van der Waals surface area contributed by atoms with Gasteiger partial charge in [-0.15, -0.1) is 5.92 Å². The Labute approximate surface area is 279 Å². The molecule has 0 atom stereocenters. The second-order valence-corrected chi connectivity index (χ2v) is 11.6. The third-order valence-corrected chi connectivity index (χ3v) is 8.75. The van der Waals surface area contributed by atoms with Crippen LogP contribution < -0.4 is 4.74 Å². The van der Waals surface area contributed by atoms with Crippen LogP contribution in [0.5, 0.6) is 5.75 Å². The molecule has 2 heterocycles. The zero-order valence-electron chi connectivity index (χ0n) is 26.3. The number of aliphatic imine (C=N–C) groups is 1. The van der Waals surface area contributed by atoms with Gasteiger partial charge in [0.2, 0.25) is 0 Å². The topological polar surface area (TPSA) is 50.3 Å². The average Bonchev–Trinajstić information content (AvgIpc) is 3.68. The first-order valence-corrected chi connectivity index (χ1v) is 15.9. The second kappa shape index (κ2) is 12.3. The Morgan fingerprint density at radius 3 is 2.15 bits per heavy atom. The first-order chi connectivity index (χ1) is 23.7. The van der Waals surface area contributed by atoms with Crippen molar-refractivity contribution in [3.8, 4) is 40.5 Å². The van der Waals surface area contributed by atoms with E-state index in [0.717, 1.165) is 61.6 Å². The van der Waals surface area contributed by atoms with E-state index in [2.05, 4.69) is 113 Å². The SMILES string of the molecule is CC#CCN=C1/C(=C(\c2ccccc2)c2cccc(C#N)c2)Oc2cccc(-c3cccc(-n4c5ccccc5c5ccccc54)c3)c21. The van der Waals surface area contributed by atoms with Gasteiger partial charge in [-0.2, -0.15) is 5.26 Å². The first-order valence-electron chi connectivity index (χ1n) is 15.9. The van der Waals surface area contributed by atoms with Crippen LogP contribution in [-0.2, 0) is 0 Å². The minimum Gasteiger partial charge on any atom is -0.454 e. The van der Waals surface area contributed by atoms with Gasteiger partial charge in [0.1, 0.15) is 18.0 Å². The van der Waals surface area contributed by atoms with Gasteiger partial charge in [0.05, 0.1) is 28.2 Å². The van der Waals surface area contributed by atoms with Gasteiger partial charge in [-0.1, -0.05) is 109 Å². The van der Waals surface area contributed by atoms with Crippen molar-refractivity contribution in [3.63, 3.8) is 0 Å². The van der Waals surface area contributed by atoms with Crippen LogP contribution in [0.25, 0.3) is 44.2 Å². The van der Waals surface area contributed by atoms with Crippen LogP contribution in [0, 0.1) is 23.2 Å². The fourth-order valence-electron chi connectivity index (χ4n) is 6.68. The van der Waals surface area contributed by atoms with Gasteiger partial charge in [-0.25, -0.2) is 0 Å². The predicted octanol–water partition coefficient (Wildman–Crippen LogP) is 9.99. The molecule has 1 aromatic heterocycles. The molecule has 1 aliphatic heterocycles. The highest BCUT2D eigenvalue weighted by Gasteiger charge is 2.32. The van der Waals surface area contributed by atoms with E-state index in [-0.39, 0.29) is 0 Å².